The van der Waals surface area contributed by atoms with E-state index in [1.807, 2.05) is 0 Å². The Morgan fingerprint density at radius 3 is 2.44 bits per heavy atom. The number of benzene rings is 2. The lowest BCUT2D eigenvalue weighted by Gasteiger charge is -2.10. The number of esters is 1. The molecule has 11 heteroatoms. The molecule has 0 aliphatic rings. The summed E-state index contributed by atoms with van der Waals surface area (Å²) in [5.41, 5.74) is 5.32. The van der Waals surface area contributed by atoms with Gasteiger partial charge in [-0.25, -0.2) is 23.7 Å². The summed E-state index contributed by atoms with van der Waals surface area (Å²) >= 11 is 0. The van der Waals surface area contributed by atoms with Crippen LogP contribution in [0.5, 0.6) is 5.75 Å². The van der Waals surface area contributed by atoms with Gasteiger partial charge in [-0.15, -0.1) is 0 Å². The summed E-state index contributed by atoms with van der Waals surface area (Å²) in [6.07, 6.45) is 0. The Hall–Kier alpha value is -4.54. The molecule has 174 valence electrons. The molecule has 4 rings (SSSR count). The molecule has 10 nitrogen and oxygen atoms in total. The number of hydrogen-bond donors (Lipinski definition) is 1. The predicted molar refractivity (Wildman–Crippen MR) is 120 cm³/mol. The van der Waals surface area contributed by atoms with Crippen LogP contribution in [-0.2, 0) is 16.1 Å². The molecule has 1 amide bonds. The number of fused-ring (bicyclic) bond motifs is 1. The Labute approximate surface area is 192 Å². The van der Waals surface area contributed by atoms with E-state index in [4.69, 9.17) is 15.2 Å². The normalized spacial score (nSPS) is 10.9. The van der Waals surface area contributed by atoms with Gasteiger partial charge in [0.05, 0.1) is 25.0 Å². The van der Waals surface area contributed by atoms with Crippen LogP contribution in [0.1, 0.15) is 17.4 Å². The summed E-state index contributed by atoms with van der Waals surface area (Å²) in [6, 6.07) is 11.9. The molecule has 0 spiro atoms. The van der Waals surface area contributed by atoms with Crippen molar-refractivity contribution < 1.29 is 23.5 Å². The maximum atomic E-state index is 13.6. The maximum absolute atomic E-state index is 13.6. The van der Waals surface area contributed by atoms with E-state index in [9.17, 15) is 18.8 Å². The summed E-state index contributed by atoms with van der Waals surface area (Å²) in [5, 5.41) is 0. The third-order valence-corrected chi connectivity index (χ3v) is 5.03. The molecule has 2 aromatic carbocycles. The Kier molecular flexibility index (Phi) is 6.09. The quantitative estimate of drug-likeness (QED) is 0.413. The number of carbonyl (C=O) groups is 2. The van der Waals surface area contributed by atoms with Gasteiger partial charge in [-0.3, -0.25) is 14.2 Å². The standard InChI is InChI=1S/C23H20FN5O5/c1-3-34-17(30)12-28-19-18(20(25)31)26-21(15-6-4-5-7-16(15)33-2)27-22(19)29(23(28)32)14-10-8-13(24)9-11-14/h4-11H,3,12H2,1-2H3,(H2,25,31). The van der Waals surface area contributed by atoms with Gasteiger partial charge in [0.25, 0.3) is 5.91 Å². The van der Waals surface area contributed by atoms with E-state index in [1.54, 1.807) is 31.2 Å². The lowest BCUT2D eigenvalue weighted by molar-refractivity contribution is -0.143. The molecule has 0 aliphatic heterocycles. The van der Waals surface area contributed by atoms with E-state index >= 15 is 0 Å². The summed E-state index contributed by atoms with van der Waals surface area (Å²) < 4.78 is 26.1. The van der Waals surface area contributed by atoms with Gasteiger partial charge < -0.3 is 15.2 Å². The minimum atomic E-state index is -0.933. The van der Waals surface area contributed by atoms with Gasteiger partial charge in [0.15, 0.2) is 17.2 Å². The Balaban J connectivity index is 2.10. The Morgan fingerprint density at radius 1 is 1.09 bits per heavy atom. The molecule has 0 fully saturated rings. The molecule has 2 N–H and O–H groups in total. The minimum Gasteiger partial charge on any atom is -0.496 e. The molecular formula is C23H20FN5O5. The number of ether oxygens (including phenoxy) is 2. The zero-order chi connectivity index (χ0) is 24.4. The van der Waals surface area contributed by atoms with Gasteiger partial charge in [0.2, 0.25) is 0 Å². The summed E-state index contributed by atoms with van der Waals surface area (Å²) in [6.45, 7) is 1.22. The van der Waals surface area contributed by atoms with Gasteiger partial charge in [-0.05, 0) is 43.3 Å². The summed E-state index contributed by atoms with van der Waals surface area (Å²) in [7, 11) is 1.47. The maximum Gasteiger partial charge on any atom is 0.335 e. The van der Waals surface area contributed by atoms with Crippen molar-refractivity contribution in [1.82, 2.24) is 19.1 Å². The second-order valence-corrected chi connectivity index (χ2v) is 7.12. The van der Waals surface area contributed by atoms with Crippen LogP contribution >= 0.6 is 0 Å². The molecule has 0 atom stereocenters. The number of rotatable bonds is 7. The molecule has 2 heterocycles. The fourth-order valence-corrected chi connectivity index (χ4v) is 3.58. The van der Waals surface area contributed by atoms with Gasteiger partial charge in [-0.1, -0.05) is 12.1 Å². The number of halogens is 1. The average Bonchev–Trinajstić information content (AvgIpc) is 3.10. The van der Waals surface area contributed by atoms with Crippen LogP contribution in [0, 0.1) is 5.82 Å². The molecule has 4 aromatic rings. The van der Waals surface area contributed by atoms with E-state index in [1.165, 1.54) is 31.4 Å². The number of methoxy groups -OCH3 is 1. The van der Waals surface area contributed by atoms with Crippen molar-refractivity contribution in [3.8, 4) is 22.8 Å². The first kappa shape index (κ1) is 22.6. The predicted octanol–water partition coefficient (Wildman–Crippen LogP) is 2.06. The average molecular weight is 465 g/mol. The van der Waals surface area contributed by atoms with Crippen LogP contribution in [0.3, 0.4) is 0 Å². The van der Waals surface area contributed by atoms with E-state index in [0.717, 1.165) is 9.13 Å². The largest absolute Gasteiger partial charge is 0.496 e. The molecule has 0 unspecified atom stereocenters. The minimum absolute atomic E-state index is 0.00520. The van der Waals surface area contributed by atoms with Crippen LogP contribution in [0.4, 0.5) is 4.39 Å². The van der Waals surface area contributed by atoms with Crippen LogP contribution in [0.15, 0.2) is 53.3 Å². The SMILES string of the molecule is CCOC(=O)Cn1c(=O)n(-c2ccc(F)cc2)c2nc(-c3ccccc3OC)nc(C(N)=O)c21. The number of hydrogen-bond acceptors (Lipinski definition) is 7. The molecule has 0 saturated carbocycles. The van der Waals surface area contributed by atoms with Crippen LogP contribution in [0.2, 0.25) is 0 Å². The number of carbonyl (C=O) groups excluding carboxylic acids is 2. The lowest BCUT2D eigenvalue weighted by Crippen LogP contribution is -2.28. The number of nitrogens with zero attached hydrogens (tertiary/aromatic N) is 4. The van der Waals surface area contributed by atoms with Crippen molar-refractivity contribution in [3.63, 3.8) is 0 Å². The van der Waals surface area contributed by atoms with Gasteiger partial charge in [0.1, 0.15) is 23.6 Å². The highest BCUT2D eigenvalue weighted by Gasteiger charge is 2.26. The number of amides is 1. The van der Waals surface area contributed by atoms with Crippen molar-refractivity contribution in [1.29, 1.82) is 0 Å². The molecule has 34 heavy (non-hydrogen) atoms. The highest BCUT2D eigenvalue weighted by molar-refractivity contribution is 6.02. The monoisotopic (exact) mass is 465 g/mol. The third-order valence-electron chi connectivity index (χ3n) is 5.03. The Bertz CT molecular complexity index is 1460. The molecule has 0 saturated heterocycles. The van der Waals surface area contributed by atoms with E-state index in [0.29, 0.717) is 11.3 Å². The van der Waals surface area contributed by atoms with Crippen LogP contribution in [0.25, 0.3) is 28.2 Å². The van der Waals surface area contributed by atoms with Gasteiger partial charge in [-0.2, -0.15) is 0 Å². The summed E-state index contributed by atoms with van der Waals surface area (Å²) in [5.74, 6) is -1.64. The zero-order valence-corrected chi connectivity index (χ0v) is 18.3. The van der Waals surface area contributed by atoms with E-state index in [2.05, 4.69) is 9.97 Å². The smallest absolute Gasteiger partial charge is 0.335 e. The summed E-state index contributed by atoms with van der Waals surface area (Å²) in [4.78, 5) is 46.9. The molecule has 2 aromatic heterocycles. The van der Waals surface area contributed by atoms with E-state index < -0.39 is 29.9 Å². The van der Waals surface area contributed by atoms with Crippen LogP contribution in [-0.4, -0.2) is 44.7 Å². The second-order valence-electron chi connectivity index (χ2n) is 7.12. The molecule has 0 radical (unpaired) electrons. The first-order chi connectivity index (χ1) is 16.3. The molecular weight excluding hydrogens is 445 g/mol. The van der Waals surface area contributed by atoms with Crippen molar-refractivity contribution >= 4 is 23.0 Å². The van der Waals surface area contributed by atoms with Crippen molar-refractivity contribution in [3.05, 3.63) is 70.5 Å². The molecule has 0 bridgehead atoms. The van der Waals surface area contributed by atoms with Crippen LogP contribution < -0.4 is 16.2 Å². The number of nitrogens with two attached hydrogens (primary N) is 1. The fraction of sp³-hybridized carbons (Fsp3) is 0.174. The second kappa shape index (κ2) is 9.14. The van der Waals surface area contributed by atoms with Gasteiger partial charge >= 0.3 is 11.7 Å². The fourth-order valence-electron chi connectivity index (χ4n) is 3.58. The highest BCUT2D eigenvalue weighted by Crippen LogP contribution is 2.29. The first-order valence-corrected chi connectivity index (χ1v) is 10.2. The highest BCUT2D eigenvalue weighted by atomic mass is 19.1. The number of para-hydroxylation sites is 1. The first-order valence-electron chi connectivity index (χ1n) is 10.2. The van der Waals surface area contributed by atoms with Crippen molar-refractivity contribution in [2.45, 2.75) is 13.5 Å². The van der Waals surface area contributed by atoms with Crippen molar-refractivity contribution in [2.24, 2.45) is 5.73 Å². The van der Waals surface area contributed by atoms with Gasteiger partial charge in [0, 0.05) is 0 Å². The van der Waals surface area contributed by atoms with Crippen molar-refractivity contribution in [2.75, 3.05) is 13.7 Å². The number of aromatic nitrogens is 4. The van der Waals surface area contributed by atoms with E-state index in [-0.39, 0.29) is 35.0 Å². The third kappa shape index (κ3) is 3.98. The number of imidazole rings is 1. The Morgan fingerprint density at radius 2 is 1.79 bits per heavy atom. The molecule has 0 aliphatic carbocycles. The number of primary amides is 1. The zero-order valence-electron chi connectivity index (χ0n) is 18.3. The topological polar surface area (TPSA) is 131 Å². The lowest BCUT2D eigenvalue weighted by atomic mass is 10.1.